The van der Waals surface area contributed by atoms with Gasteiger partial charge in [-0.25, -0.2) is 4.39 Å². The van der Waals surface area contributed by atoms with Crippen LogP contribution in [0.15, 0.2) is 27.5 Å². The fourth-order valence-electron chi connectivity index (χ4n) is 1.80. The van der Waals surface area contributed by atoms with Gasteiger partial charge in [-0.1, -0.05) is 0 Å². The van der Waals surface area contributed by atoms with E-state index in [1.165, 1.54) is 12.1 Å². The Morgan fingerprint density at radius 3 is 2.85 bits per heavy atom. The number of H-pyrrole nitrogens is 1. The van der Waals surface area contributed by atoms with Crippen LogP contribution in [0.4, 0.5) is 10.1 Å². The number of hydrogen-bond acceptors (Lipinski definition) is 4. The van der Waals surface area contributed by atoms with Crippen LogP contribution in [0, 0.1) is 5.82 Å². The molecule has 1 aromatic carbocycles. The van der Waals surface area contributed by atoms with Crippen molar-refractivity contribution in [1.29, 1.82) is 0 Å². The van der Waals surface area contributed by atoms with Crippen molar-refractivity contribution in [2.24, 2.45) is 0 Å². The first-order valence-electron chi connectivity index (χ1n) is 6.06. The van der Waals surface area contributed by atoms with Gasteiger partial charge in [0.2, 0.25) is 5.88 Å². The first-order valence-corrected chi connectivity index (χ1v) is 6.86. The number of nitrogens with two attached hydrogens (primary N) is 1. The number of anilines is 1. The summed E-state index contributed by atoms with van der Waals surface area (Å²) in [5.74, 6) is 0.630. The lowest BCUT2D eigenvalue weighted by Crippen LogP contribution is -2.10. The number of nitrogen functional groups attached to an aromatic ring is 1. The summed E-state index contributed by atoms with van der Waals surface area (Å²) in [5.41, 5.74) is 5.71. The summed E-state index contributed by atoms with van der Waals surface area (Å²) in [6, 6.07) is 3.77. The van der Waals surface area contributed by atoms with E-state index >= 15 is 0 Å². The fourth-order valence-corrected chi connectivity index (χ4v) is 2.16. The molecule has 0 saturated heterocycles. The molecule has 2 aromatic rings. The molecule has 0 amide bonds. The molecule has 0 spiro atoms. The van der Waals surface area contributed by atoms with Crippen LogP contribution in [-0.4, -0.2) is 9.97 Å². The Kier molecular flexibility index (Phi) is 3.21. The van der Waals surface area contributed by atoms with E-state index in [1.807, 2.05) is 0 Å². The Bertz CT molecular complexity index is 728. The lowest BCUT2D eigenvalue weighted by atomic mass is 10.3. The third-order valence-electron chi connectivity index (χ3n) is 2.97. The largest absolute Gasteiger partial charge is 0.436 e. The zero-order chi connectivity index (χ0) is 14.3. The van der Waals surface area contributed by atoms with Gasteiger partial charge >= 0.3 is 0 Å². The fraction of sp³-hybridized carbons (Fsp3) is 0.231. The molecule has 0 radical (unpaired) electrons. The van der Waals surface area contributed by atoms with Crippen molar-refractivity contribution in [2.75, 3.05) is 5.73 Å². The Balaban J connectivity index is 1.95. The average molecular weight is 340 g/mol. The number of ether oxygens (including phenoxy) is 1. The minimum Gasteiger partial charge on any atom is -0.436 e. The molecule has 1 aliphatic carbocycles. The summed E-state index contributed by atoms with van der Waals surface area (Å²) in [4.78, 5) is 18.4. The summed E-state index contributed by atoms with van der Waals surface area (Å²) >= 11 is 3.03. The maximum Gasteiger partial charge on any atom is 0.254 e. The van der Waals surface area contributed by atoms with Crippen LogP contribution in [0.5, 0.6) is 11.6 Å². The molecular weight excluding hydrogens is 329 g/mol. The van der Waals surface area contributed by atoms with Gasteiger partial charge in [-0.2, -0.15) is 4.98 Å². The number of aromatic nitrogens is 2. The summed E-state index contributed by atoms with van der Waals surface area (Å²) in [5, 5.41) is 0. The molecule has 1 aliphatic rings. The van der Waals surface area contributed by atoms with E-state index in [4.69, 9.17) is 10.5 Å². The number of halogens is 2. The summed E-state index contributed by atoms with van der Waals surface area (Å²) in [6.45, 7) is 0. The van der Waals surface area contributed by atoms with Crippen LogP contribution in [0.1, 0.15) is 24.6 Å². The molecule has 0 atom stereocenters. The van der Waals surface area contributed by atoms with Gasteiger partial charge in [0, 0.05) is 12.0 Å². The van der Waals surface area contributed by atoms with Crippen molar-refractivity contribution in [1.82, 2.24) is 9.97 Å². The second kappa shape index (κ2) is 4.90. The molecule has 5 nitrogen and oxygen atoms in total. The van der Waals surface area contributed by atoms with Gasteiger partial charge in [-0.3, -0.25) is 4.79 Å². The number of nitrogens with zero attached hydrogens (tertiary/aromatic N) is 1. The van der Waals surface area contributed by atoms with Crippen molar-refractivity contribution in [3.05, 3.63) is 44.7 Å². The molecule has 3 rings (SSSR count). The quantitative estimate of drug-likeness (QED) is 0.842. The molecule has 1 aromatic heterocycles. The van der Waals surface area contributed by atoms with E-state index in [2.05, 4.69) is 25.9 Å². The van der Waals surface area contributed by atoms with Crippen LogP contribution in [0.2, 0.25) is 0 Å². The third kappa shape index (κ3) is 2.67. The van der Waals surface area contributed by atoms with Crippen molar-refractivity contribution in [2.45, 2.75) is 18.8 Å². The highest BCUT2D eigenvalue weighted by Gasteiger charge is 2.26. The second-order valence-electron chi connectivity index (χ2n) is 4.65. The first-order chi connectivity index (χ1) is 9.52. The van der Waals surface area contributed by atoms with Gasteiger partial charge < -0.3 is 15.5 Å². The zero-order valence-corrected chi connectivity index (χ0v) is 11.9. The van der Waals surface area contributed by atoms with Crippen LogP contribution >= 0.6 is 15.9 Å². The minimum absolute atomic E-state index is 0.115. The lowest BCUT2D eigenvalue weighted by Gasteiger charge is -2.09. The average Bonchev–Trinajstić information content (AvgIpc) is 3.19. The van der Waals surface area contributed by atoms with Crippen LogP contribution in [-0.2, 0) is 0 Å². The molecule has 0 bridgehead atoms. The van der Waals surface area contributed by atoms with Gasteiger partial charge in [0.05, 0.1) is 16.2 Å². The Labute approximate surface area is 122 Å². The molecule has 20 heavy (non-hydrogen) atoms. The molecule has 1 fully saturated rings. The second-order valence-corrected chi connectivity index (χ2v) is 5.50. The Hall–Kier alpha value is -1.89. The molecule has 0 aliphatic heterocycles. The number of aromatic amines is 1. The van der Waals surface area contributed by atoms with E-state index in [0.717, 1.165) is 18.9 Å². The van der Waals surface area contributed by atoms with Gasteiger partial charge in [0.25, 0.3) is 5.56 Å². The standard InChI is InChI=1S/C13H11BrFN3O2/c14-7-3-9(16)10(4-8(7)15)20-12-5-11(19)17-13(18-12)6-1-2-6/h3-6H,1-2,16H2,(H,17,18,19). The highest BCUT2D eigenvalue weighted by Crippen LogP contribution is 2.38. The number of nitrogens with one attached hydrogen (secondary N) is 1. The highest BCUT2D eigenvalue weighted by molar-refractivity contribution is 9.10. The summed E-state index contributed by atoms with van der Waals surface area (Å²) in [7, 11) is 0. The SMILES string of the molecule is Nc1cc(Br)c(F)cc1Oc1cc(=O)[nH]c(C2CC2)n1. The molecule has 1 saturated carbocycles. The topological polar surface area (TPSA) is 81.0 Å². The lowest BCUT2D eigenvalue weighted by molar-refractivity contribution is 0.454. The summed E-state index contributed by atoms with van der Waals surface area (Å²) in [6.07, 6.45) is 2.00. The van der Waals surface area contributed by atoms with Gasteiger partial charge in [0.1, 0.15) is 11.6 Å². The Morgan fingerprint density at radius 2 is 2.15 bits per heavy atom. The number of hydrogen-bond donors (Lipinski definition) is 2. The van der Waals surface area contributed by atoms with E-state index in [1.54, 1.807) is 0 Å². The monoisotopic (exact) mass is 339 g/mol. The van der Waals surface area contributed by atoms with Crippen LogP contribution in [0.25, 0.3) is 0 Å². The smallest absolute Gasteiger partial charge is 0.254 e. The first kappa shape index (κ1) is 13.1. The Morgan fingerprint density at radius 1 is 1.40 bits per heavy atom. The van der Waals surface area contributed by atoms with E-state index in [0.29, 0.717) is 5.82 Å². The molecule has 7 heteroatoms. The third-order valence-corrected chi connectivity index (χ3v) is 3.58. The minimum atomic E-state index is -0.499. The van der Waals surface area contributed by atoms with Crippen molar-refractivity contribution < 1.29 is 9.13 Å². The van der Waals surface area contributed by atoms with E-state index < -0.39 is 5.82 Å². The van der Waals surface area contributed by atoms with Gasteiger partial charge in [-0.15, -0.1) is 0 Å². The van der Waals surface area contributed by atoms with E-state index in [-0.39, 0.29) is 33.3 Å². The molecule has 104 valence electrons. The number of benzene rings is 1. The van der Waals surface area contributed by atoms with Crippen molar-refractivity contribution in [3.8, 4) is 11.6 Å². The van der Waals surface area contributed by atoms with Crippen LogP contribution in [0.3, 0.4) is 0 Å². The normalized spacial score (nSPS) is 14.3. The maximum atomic E-state index is 13.5. The number of rotatable bonds is 3. The maximum absolute atomic E-state index is 13.5. The molecule has 0 unspecified atom stereocenters. The predicted molar refractivity (Wildman–Crippen MR) is 75.4 cm³/mol. The van der Waals surface area contributed by atoms with E-state index in [9.17, 15) is 9.18 Å². The molecule has 3 N–H and O–H groups in total. The molecule has 1 heterocycles. The predicted octanol–water partition coefficient (Wildman–Crippen LogP) is 2.92. The van der Waals surface area contributed by atoms with Gasteiger partial charge in [0.15, 0.2) is 5.75 Å². The van der Waals surface area contributed by atoms with Gasteiger partial charge in [-0.05, 0) is 34.8 Å². The zero-order valence-electron chi connectivity index (χ0n) is 10.3. The molecular formula is C13H11BrFN3O2. The van der Waals surface area contributed by atoms with Crippen molar-refractivity contribution in [3.63, 3.8) is 0 Å². The van der Waals surface area contributed by atoms with Crippen molar-refractivity contribution >= 4 is 21.6 Å². The summed E-state index contributed by atoms with van der Waals surface area (Å²) < 4.78 is 19.2. The van der Waals surface area contributed by atoms with Crippen LogP contribution < -0.4 is 16.0 Å². The highest BCUT2D eigenvalue weighted by atomic mass is 79.9.